The fourth-order valence-corrected chi connectivity index (χ4v) is 7.10. The molecule has 1 fully saturated rings. The summed E-state index contributed by atoms with van der Waals surface area (Å²) in [7, 11) is 0. The molecule has 1 aliphatic heterocycles. The van der Waals surface area contributed by atoms with Gasteiger partial charge in [0.15, 0.2) is 0 Å². The SMILES string of the molecule is [N-]=[N+]=NCCOCCOCCOCCOCCOCCOCCOCCOCCN(CCOCCOCCOCCOCCOCCOCCOCCOCCN=[N+]=[N-])CCOCCOCCOCCOCCOCCOCCOCCOCCC(=O)ON1C(=O)CCC1=O. The second kappa shape index (κ2) is 77.6. The monoisotopic (exact) mass is 1380 g/mol. The first-order valence-corrected chi connectivity index (χ1v) is 32.7. The van der Waals surface area contributed by atoms with E-state index in [0.29, 0.717) is 342 Å². The van der Waals surface area contributed by atoms with E-state index < -0.39 is 17.8 Å². The molecule has 1 heterocycles. The van der Waals surface area contributed by atoms with Crippen molar-refractivity contribution in [2.45, 2.75) is 19.3 Å². The maximum atomic E-state index is 11.8. The van der Waals surface area contributed by atoms with Gasteiger partial charge in [0.05, 0.1) is 324 Å². The molecule has 0 radical (unpaired) electrons. The lowest BCUT2D eigenvalue weighted by molar-refractivity contribution is -0.198. The fourth-order valence-electron chi connectivity index (χ4n) is 7.10. The van der Waals surface area contributed by atoms with Gasteiger partial charge in [0, 0.05) is 55.4 Å². The fraction of sp³-hybridized carbons (Fsp3) is 0.949. The molecule has 0 saturated carbocycles. The summed E-state index contributed by atoms with van der Waals surface area (Å²) < 4.78 is 133. The molecule has 0 N–H and O–H groups in total. The van der Waals surface area contributed by atoms with E-state index in [1.807, 2.05) is 0 Å². The third-order valence-corrected chi connectivity index (χ3v) is 11.9. The zero-order chi connectivity index (χ0) is 68.0. The van der Waals surface area contributed by atoms with Crippen LogP contribution in [0.25, 0.3) is 20.9 Å². The second-order valence-electron chi connectivity index (χ2n) is 19.2. The molecule has 0 spiro atoms. The zero-order valence-corrected chi connectivity index (χ0v) is 56.1. The second-order valence-corrected chi connectivity index (χ2v) is 19.2. The molecule has 0 aromatic rings. The molecule has 556 valence electrons. The molecule has 2 amide bonds. The van der Waals surface area contributed by atoms with Gasteiger partial charge in [-0.25, -0.2) is 4.79 Å². The quantitative estimate of drug-likeness (QED) is 0.0272. The summed E-state index contributed by atoms with van der Waals surface area (Å²) in [5.74, 6) is -1.75. The van der Waals surface area contributed by atoms with Crippen molar-refractivity contribution in [3.05, 3.63) is 20.9 Å². The summed E-state index contributed by atoms with van der Waals surface area (Å²) in [6.07, 6.45) is -0.00201. The van der Waals surface area contributed by atoms with Crippen molar-refractivity contribution in [3.8, 4) is 0 Å². The Kier molecular flexibility index (Phi) is 72.9. The Labute approximate surface area is 559 Å². The summed E-state index contributed by atoms with van der Waals surface area (Å²) in [5.41, 5.74) is 16.4. The van der Waals surface area contributed by atoms with Gasteiger partial charge >= 0.3 is 5.97 Å². The molecule has 0 atom stereocenters. The lowest BCUT2D eigenvalue weighted by Crippen LogP contribution is -2.34. The lowest BCUT2D eigenvalue weighted by Gasteiger charge is -2.22. The number of amides is 2. The molecular weight excluding hydrogens is 1270 g/mol. The Morgan fingerprint density at radius 3 is 0.642 bits per heavy atom. The highest BCUT2D eigenvalue weighted by molar-refractivity contribution is 6.01. The number of nitrogens with zero attached hydrogens (tertiary/aromatic N) is 8. The van der Waals surface area contributed by atoms with Crippen molar-refractivity contribution in [2.75, 3.05) is 350 Å². The van der Waals surface area contributed by atoms with Crippen LogP contribution in [0.15, 0.2) is 10.2 Å². The first-order chi connectivity index (χ1) is 47.1. The Balaban J connectivity index is 2.06. The van der Waals surface area contributed by atoms with E-state index in [1.165, 1.54) is 0 Å². The van der Waals surface area contributed by atoms with Gasteiger partial charge in [-0.05, 0) is 11.1 Å². The molecule has 95 heavy (non-hydrogen) atoms. The van der Waals surface area contributed by atoms with Gasteiger partial charge in [-0.15, -0.1) is 5.06 Å². The predicted molar refractivity (Wildman–Crippen MR) is 336 cm³/mol. The van der Waals surface area contributed by atoms with Crippen molar-refractivity contribution >= 4 is 17.8 Å². The number of carbonyl (C=O) groups is 3. The van der Waals surface area contributed by atoms with E-state index in [1.54, 1.807) is 0 Å². The summed E-state index contributed by atoms with van der Waals surface area (Å²) in [6.45, 7) is 23.4. The van der Waals surface area contributed by atoms with Crippen LogP contribution in [0.4, 0.5) is 0 Å². The highest BCUT2D eigenvalue weighted by Gasteiger charge is 2.32. The van der Waals surface area contributed by atoms with Gasteiger partial charge in [-0.2, -0.15) is 0 Å². The highest BCUT2D eigenvalue weighted by Crippen LogP contribution is 2.12. The number of hydrogen-bond donors (Lipinski definition) is 0. The normalized spacial score (nSPS) is 12.4. The van der Waals surface area contributed by atoms with E-state index in [-0.39, 0.29) is 32.5 Å². The number of hydroxylamine groups is 2. The van der Waals surface area contributed by atoms with Crippen LogP contribution < -0.4 is 0 Å². The van der Waals surface area contributed by atoms with Crippen LogP contribution >= 0.6 is 0 Å². The van der Waals surface area contributed by atoms with Gasteiger partial charge in [0.2, 0.25) is 0 Å². The Morgan fingerprint density at radius 2 is 0.453 bits per heavy atom. The maximum Gasteiger partial charge on any atom is 0.335 e. The maximum absolute atomic E-state index is 11.8. The smallest absolute Gasteiger partial charge is 0.335 e. The van der Waals surface area contributed by atoms with Crippen molar-refractivity contribution in [1.29, 1.82) is 0 Å². The molecular formula is C59H112N8O28. The average Bonchev–Trinajstić information content (AvgIpc) is 1.81. The molecule has 1 rings (SSSR count). The Bertz CT molecular complexity index is 1670. The Morgan fingerprint density at radius 1 is 0.284 bits per heavy atom. The van der Waals surface area contributed by atoms with Crippen LogP contribution in [0.2, 0.25) is 0 Å². The molecule has 0 bridgehead atoms. The van der Waals surface area contributed by atoms with Gasteiger partial charge in [-0.1, -0.05) is 10.2 Å². The third-order valence-electron chi connectivity index (χ3n) is 11.9. The van der Waals surface area contributed by atoms with Crippen LogP contribution in [-0.4, -0.2) is 378 Å². The van der Waals surface area contributed by atoms with E-state index in [4.69, 9.17) is 130 Å². The summed E-state index contributed by atoms with van der Waals surface area (Å²) in [4.78, 5) is 47.1. The summed E-state index contributed by atoms with van der Waals surface area (Å²) in [6, 6.07) is 0. The van der Waals surface area contributed by atoms with Gasteiger partial charge in [0.25, 0.3) is 11.8 Å². The van der Waals surface area contributed by atoms with E-state index in [9.17, 15) is 14.4 Å². The van der Waals surface area contributed by atoms with Crippen molar-refractivity contribution < 1.29 is 133 Å². The molecule has 1 aliphatic rings. The number of hydrogen-bond acceptors (Lipinski definition) is 31. The van der Waals surface area contributed by atoms with Crippen LogP contribution in [0.1, 0.15) is 19.3 Å². The van der Waals surface area contributed by atoms with Crippen molar-refractivity contribution in [1.82, 2.24) is 9.96 Å². The van der Waals surface area contributed by atoms with E-state index >= 15 is 0 Å². The van der Waals surface area contributed by atoms with E-state index in [2.05, 4.69) is 25.0 Å². The van der Waals surface area contributed by atoms with Crippen LogP contribution in [0.3, 0.4) is 0 Å². The first kappa shape index (κ1) is 89.2. The third kappa shape index (κ3) is 69.9. The van der Waals surface area contributed by atoms with Crippen LogP contribution in [-0.2, 0) is 133 Å². The number of rotatable bonds is 82. The number of ether oxygens (including phenoxy) is 24. The Hall–Kier alpha value is -3.77. The van der Waals surface area contributed by atoms with Gasteiger partial charge < -0.3 is 119 Å². The predicted octanol–water partition coefficient (Wildman–Crippen LogP) is 1.30. The average molecular weight is 1380 g/mol. The van der Waals surface area contributed by atoms with Gasteiger partial charge in [0.1, 0.15) is 0 Å². The largest absolute Gasteiger partial charge is 0.379 e. The molecule has 0 aliphatic carbocycles. The number of imide groups is 1. The molecule has 1 saturated heterocycles. The van der Waals surface area contributed by atoms with Crippen molar-refractivity contribution in [2.24, 2.45) is 10.2 Å². The minimum Gasteiger partial charge on any atom is -0.379 e. The minimum absolute atomic E-state index is 0.0447. The summed E-state index contributed by atoms with van der Waals surface area (Å²) >= 11 is 0. The highest BCUT2D eigenvalue weighted by atomic mass is 16.7. The van der Waals surface area contributed by atoms with Gasteiger partial charge in [-0.3, -0.25) is 14.5 Å². The molecule has 0 unspecified atom stereocenters. The standard InChI is InChI=1S/C59H112N8O28/c60-64-62-4-10-72-16-22-78-28-34-84-40-46-90-52-55-93-49-43-87-37-31-81-25-19-75-13-7-66(8-14-76-20-26-82-32-38-88-44-50-94-56-53-91-47-41-85-35-29-79-23-17-73-11-5-63-65-61)6-12-74-18-24-80-30-36-86-42-48-92-54-51-89-45-39-83-33-27-77-21-15-71-9-3-59(70)95-67-57(68)1-2-58(67)69/h1-56H2. The van der Waals surface area contributed by atoms with Crippen molar-refractivity contribution in [3.63, 3.8) is 0 Å². The van der Waals surface area contributed by atoms with Crippen LogP contribution in [0, 0.1) is 0 Å². The molecule has 36 heteroatoms. The van der Waals surface area contributed by atoms with Crippen LogP contribution in [0.5, 0.6) is 0 Å². The zero-order valence-electron chi connectivity index (χ0n) is 56.1. The molecule has 36 nitrogen and oxygen atoms in total. The first-order valence-electron chi connectivity index (χ1n) is 32.7. The number of carbonyl (C=O) groups excluding carboxylic acids is 3. The summed E-state index contributed by atoms with van der Waals surface area (Å²) in [5, 5.41) is 7.29. The lowest BCUT2D eigenvalue weighted by atomic mass is 10.4. The molecule has 0 aromatic carbocycles. The minimum atomic E-state index is -0.712. The molecule has 0 aromatic heterocycles. The topological polar surface area (TPSA) is 386 Å². The van der Waals surface area contributed by atoms with E-state index in [0.717, 1.165) is 0 Å². The number of azide groups is 2.